The Hall–Kier alpha value is -1.66. The van der Waals surface area contributed by atoms with Crippen LogP contribution in [0.4, 0.5) is 0 Å². The molecule has 0 radical (unpaired) electrons. The van der Waals surface area contributed by atoms with E-state index < -0.39 is 0 Å². The fraction of sp³-hybridized carbons (Fsp3) is 0.583. The number of hydrogen-bond donors (Lipinski definition) is 0. The molecule has 0 bridgehead atoms. The maximum atomic E-state index is 13.0. The Morgan fingerprint density at radius 1 is 0.900 bits per heavy atom. The molecule has 2 saturated carbocycles. The van der Waals surface area contributed by atoms with E-state index in [1.54, 1.807) is 0 Å². The van der Waals surface area contributed by atoms with E-state index in [2.05, 4.69) is 38.1 Å². The number of hydrogen-bond acceptors (Lipinski definition) is 4. The van der Waals surface area contributed by atoms with Crippen molar-refractivity contribution in [3.05, 3.63) is 43.8 Å². The zero-order valence-electron chi connectivity index (χ0n) is 18.0. The van der Waals surface area contributed by atoms with Crippen LogP contribution in [0.25, 0.3) is 0 Å². The minimum atomic E-state index is 0.161. The summed E-state index contributed by atoms with van der Waals surface area (Å²) in [5, 5.41) is 0. The topological polar surface area (TPSA) is 40.6 Å². The van der Waals surface area contributed by atoms with E-state index in [1.807, 2.05) is 39.5 Å². The Morgan fingerprint density at radius 3 is 1.97 bits per heavy atom. The van der Waals surface area contributed by atoms with E-state index in [1.165, 1.54) is 19.5 Å². The first-order chi connectivity index (χ1) is 14.4. The number of aryl methyl sites for hydroxylation is 2. The fourth-order valence-electron chi connectivity index (χ4n) is 5.02. The van der Waals surface area contributed by atoms with Crippen molar-refractivity contribution in [2.45, 2.75) is 57.4 Å². The highest BCUT2D eigenvalue weighted by atomic mass is 32.1. The standard InChI is InChI=1S/C24H30N2O2S2/c1-14-4-6-21(29-14)17-12-19(17)23(27)25(3)16-8-10-26(11-9-16)24(28)20-13-18(20)22-7-5-15(2)30-22/h4-7,16-20H,8-13H2,1-3H3. The minimum absolute atomic E-state index is 0.161. The molecule has 2 aromatic rings. The maximum Gasteiger partial charge on any atom is 0.226 e. The molecule has 2 aliphatic carbocycles. The van der Waals surface area contributed by atoms with Crippen LogP contribution >= 0.6 is 22.7 Å². The summed E-state index contributed by atoms with van der Waals surface area (Å²) < 4.78 is 0. The SMILES string of the molecule is Cc1ccc(C2CC2C(=O)N2CCC(N(C)C(=O)C3CC3c3ccc(C)s3)CC2)s1. The van der Waals surface area contributed by atoms with Crippen LogP contribution in [0.3, 0.4) is 0 Å². The number of likely N-dealkylation sites (tertiary alicyclic amines) is 1. The Bertz CT molecular complexity index is 956. The number of carbonyl (C=O) groups excluding carboxylic acids is 2. The van der Waals surface area contributed by atoms with E-state index >= 15 is 0 Å². The Morgan fingerprint density at radius 2 is 1.43 bits per heavy atom. The molecule has 2 aromatic heterocycles. The lowest BCUT2D eigenvalue weighted by atomic mass is 10.0. The van der Waals surface area contributed by atoms with Gasteiger partial charge in [-0.25, -0.2) is 0 Å². The summed E-state index contributed by atoms with van der Waals surface area (Å²) in [5.41, 5.74) is 0. The largest absolute Gasteiger partial charge is 0.342 e. The number of thiophene rings is 2. The molecule has 1 aliphatic heterocycles. The Balaban J connectivity index is 1.11. The second kappa shape index (κ2) is 7.79. The molecule has 2 amide bonds. The summed E-state index contributed by atoms with van der Waals surface area (Å²) in [6.45, 7) is 5.82. The van der Waals surface area contributed by atoms with E-state index in [0.717, 1.165) is 38.8 Å². The van der Waals surface area contributed by atoms with Gasteiger partial charge < -0.3 is 9.80 Å². The molecule has 160 valence electrons. The highest BCUT2D eigenvalue weighted by Gasteiger charge is 2.48. The fourth-order valence-corrected chi connectivity index (χ4v) is 7.13. The lowest BCUT2D eigenvalue weighted by molar-refractivity contribution is -0.137. The molecule has 1 saturated heterocycles. The third-order valence-corrected chi connectivity index (χ3v) is 9.41. The molecule has 30 heavy (non-hydrogen) atoms. The summed E-state index contributed by atoms with van der Waals surface area (Å²) >= 11 is 3.65. The van der Waals surface area contributed by atoms with E-state index in [-0.39, 0.29) is 17.9 Å². The van der Waals surface area contributed by atoms with Crippen LogP contribution in [0.15, 0.2) is 24.3 Å². The second-order valence-corrected chi connectivity index (χ2v) is 11.9. The average molecular weight is 443 g/mol. The minimum Gasteiger partial charge on any atom is -0.342 e. The van der Waals surface area contributed by atoms with Gasteiger partial charge in [0.05, 0.1) is 0 Å². The van der Waals surface area contributed by atoms with Crippen molar-refractivity contribution in [3.63, 3.8) is 0 Å². The summed E-state index contributed by atoms with van der Waals surface area (Å²) in [7, 11) is 1.97. The van der Waals surface area contributed by atoms with Crippen LogP contribution in [-0.2, 0) is 9.59 Å². The molecular weight excluding hydrogens is 412 g/mol. The highest BCUT2D eigenvalue weighted by molar-refractivity contribution is 7.12. The smallest absolute Gasteiger partial charge is 0.226 e. The van der Waals surface area contributed by atoms with Gasteiger partial charge in [-0.2, -0.15) is 0 Å². The van der Waals surface area contributed by atoms with Gasteiger partial charge in [-0.3, -0.25) is 9.59 Å². The highest BCUT2D eigenvalue weighted by Crippen LogP contribution is 2.52. The van der Waals surface area contributed by atoms with E-state index in [0.29, 0.717) is 23.7 Å². The molecule has 0 spiro atoms. The van der Waals surface area contributed by atoms with Crippen molar-refractivity contribution in [1.29, 1.82) is 0 Å². The summed E-state index contributed by atoms with van der Waals surface area (Å²) in [5.74, 6) is 1.83. The molecule has 4 atom stereocenters. The Kier molecular flexibility index (Phi) is 5.26. The first-order valence-corrected chi connectivity index (χ1v) is 12.7. The quantitative estimate of drug-likeness (QED) is 0.668. The van der Waals surface area contributed by atoms with Crippen LogP contribution in [0.5, 0.6) is 0 Å². The van der Waals surface area contributed by atoms with Gasteiger partial charge in [-0.05, 0) is 63.8 Å². The molecule has 3 aliphatic rings. The van der Waals surface area contributed by atoms with Crippen molar-refractivity contribution < 1.29 is 9.59 Å². The normalized spacial score (nSPS) is 28.4. The molecule has 3 heterocycles. The summed E-state index contributed by atoms with van der Waals surface area (Å²) in [6.07, 6.45) is 3.80. The van der Waals surface area contributed by atoms with Gasteiger partial charge in [-0.15, -0.1) is 22.7 Å². The molecule has 6 heteroatoms. The predicted molar refractivity (Wildman–Crippen MR) is 122 cm³/mol. The van der Waals surface area contributed by atoms with Gasteiger partial charge in [-0.1, -0.05) is 0 Å². The Labute approximate surface area is 186 Å². The zero-order chi connectivity index (χ0) is 21.0. The van der Waals surface area contributed by atoms with Crippen LogP contribution in [0.2, 0.25) is 0 Å². The van der Waals surface area contributed by atoms with Crippen LogP contribution < -0.4 is 0 Å². The number of rotatable bonds is 5. The molecule has 4 nitrogen and oxygen atoms in total. The number of nitrogens with zero attached hydrogens (tertiary/aromatic N) is 2. The zero-order valence-corrected chi connectivity index (χ0v) is 19.6. The third-order valence-electron chi connectivity index (χ3n) is 7.14. The first-order valence-electron chi connectivity index (χ1n) is 11.1. The van der Waals surface area contributed by atoms with Crippen molar-refractivity contribution >= 4 is 34.5 Å². The lowest BCUT2D eigenvalue weighted by Gasteiger charge is -2.37. The van der Waals surface area contributed by atoms with Gasteiger partial charge >= 0.3 is 0 Å². The van der Waals surface area contributed by atoms with Gasteiger partial charge in [0, 0.05) is 69.4 Å². The molecule has 5 rings (SSSR count). The first kappa shape index (κ1) is 20.3. The molecular formula is C24H30N2O2S2. The monoisotopic (exact) mass is 442 g/mol. The van der Waals surface area contributed by atoms with Gasteiger partial charge in [0.2, 0.25) is 11.8 Å². The summed E-state index contributed by atoms with van der Waals surface area (Å²) in [6, 6.07) is 8.95. The number of carbonyl (C=O) groups is 2. The van der Waals surface area contributed by atoms with Gasteiger partial charge in [0.15, 0.2) is 0 Å². The van der Waals surface area contributed by atoms with Gasteiger partial charge in [0.25, 0.3) is 0 Å². The molecule has 0 N–H and O–H groups in total. The summed E-state index contributed by atoms with van der Waals surface area (Å²) in [4.78, 5) is 35.3. The molecule has 4 unspecified atom stereocenters. The molecule has 3 fully saturated rings. The predicted octanol–water partition coefficient (Wildman–Crippen LogP) is 4.78. The van der Waals surface area contributed by atoms with E-state index in [4.69, 9.17) is 0 Å². The van der Waals surface area contributed by atoms with E-state index in [9.17, 15) is 9.59 Å². The number of piperidine rings is 1. The van der Waals surface area contributed by atoms with Crippen molar-refractivity contribution in [3.8, 4) is 0 Å². The van der Waals surface area contributed by atoms with Crippen molar-refractivity contribution in [2.75, 3.05) is 20.1 Å². The lowest BCUT2D eigenvalue weighted by Crippen LogP contribution is -2.48. The van der Waals surface area contributed by atoms with Crippen molar-refractivity contribution in [1.82, 2.24) is 9.80 Å². The molecule has 0 aromatic carbocycles. The maximum absolute atomic E-state index is 13.0. The van der Waals surface area contributed by atoms with Crippen molar-refractivity contribution in [2.24, 2.45) is 11.8 Å². The van der Waals surface area contributed by atoms with Crippen LogP contribution in [0.1, 0.15) is 57.0 Å². The third kappa shape index (κ3) is 3.84. The second-order valence-electron chi connectivity index (χ2n) is 9.30. The average Bonchev–Trinajstić information content (AvgIpc) is 3.64. The number of amides is 2. The van der Waals surface area contributed by atoms with Crippen LogP contribution in [-0.4, -0.2) is 47.8 Å². The van der Waals surface area contributed by atoms with Gasteiger partial charge in [0.1, 0.15) is 0 Å². The van der Waals surface area contributed by atoms with Crippen LogP contribution in [0, 0.1) is 25.7 Å².